The van der Waals surface area contributed by atoms with Gasteiger partial charge in [-0.3, -0.25) is 4.79 Å². The van der Waals surface area contributed by atoms with Crippen molar-refractivity contribution in [3.63, 3.8) is 0 Å². The molecule has 1 fully saturated rings. The molecule has 2 amide bonds. The standard InChI is InChI=1S/C12H22N2O4/c1-3-4-10(8-18-2)13-12(17)14-6-5-9(7-14)11(15)16/h9-10H,3-8H2,1-2H3,(H,13,17)(H,15,16). The first-order chi connectivity index (χ1) is 8.58. The highest BCUT2D eigenvalue weighted by atomic mass is 16.5. The van der Waals surface area contributed by atoms with Crippen LogP contribution < -0.4 is 5.32 Å². The van der Waals surface area contributed by atoms with E-state index in [4.69, 9.17) is 9.84 Å². The van der Waals surface area contributed by atoms with Gasteiger partial charge in [0.05, 0.1) is 18.6 Å². The summed E-state index contributed by atoms with van der Waals surface area (Å²) in [5, 5.41) is 11.8. The van der Waals surface area contributed by atoms with Crippen molar-refractivity contribution in [2.75, 3.05) is 26.8 Å². The van der Waals surface area contributed by atoms with Crippen molar-refractivity contribution in [3.8, 4) is 0 Å². The molecule has 1 heterocycles. The van der Waals surface area contributed by atoms with Crippen molar-refractivity contribution in [1.82, 2.24) is 10.2 Å². The molecule has 1 rings (SSSR count). The van der Waals surface area contributed by atoms with Crippen LogP contribution in [0.5, 0.6) is 0 Å². The van der Waals surface area contributed by atoms with Crippen molar-refractivity contribution in [3.05, 3.63) is 0 Å². The SMILES string of the molecule is CCCC(COC)NC(=O)N1CCC(C(=O)O)C1. The zero-order valence-electron chi connectivity index (χ0n) is 11.0. The van der Waals surface area contributed by atoms with Crippen LogP contribution in [0.25, 0.3) is 0 Å². The number of methoxy groups -OCH3 is 1. The Labute approximate surface area is 107 Å². The lowest BCUT2D eigenvalue weighted by Crippen LogP contribution is -2.45. The molecule has 0 aromatic carbocycles. The number of urea groups is 1. The number of carboxylic acid groups (broad SMARTS) is 1. The van der Waals surface area contributed by atoms with E-state index in [0.29, 0.717) is 26.1 Å². The Balaban J connectivity index is 2.42. The third-order valence-electron chi connectivity index (χ3n) is 3.16. The maximum Gasteiger partial charge on any atom is 0.317 e. The summed E-state index contributed by atoms with van der Waals surface area (Å²) in [7, 11) is 1.60. The minimum atomic E-state index is -0.827. The molecular weight excluding hydrogens is 236 g/mol. The van der Waals surface area contributed by atoms with E-state index in [1.807, 2.05) is 6.92 Å². The van der Waals surface area contributed by atoms with E-state index in [1.165, 1.54) is 0 Å². The summed E-state index contributed by atoms with van der Waals surface area (Å²) in [6, 6.07) is -0.189. The maximum absolute atomic E-state index is 11.9. The lowest BCUT2D eigenvalue weighted by atomic mass is 10.1. The number of ether oxygens (including phenoxy) is 1. The van der Waals surface area contributed by atoms with Crippen LogP contribution in [0.3, 0.4) is 0 Å². The van der Waals surface area contributed by atoms with Crippen LogP contribution in [0.4, 0.5) is 4.79 Å². The van der Waals surface area contributed by atoms with Crippen LogP contribution >= 0.6 is 0 Å². The van der Waals surface area contributed by atoms with E-state index in [9.17, 15) is 9.59 Å². The number of aliphatic carboxylic acids is 1. The molecule has 0 aliphatic carbocycles. The molecule has 0 bridgehead atoms. The van der Waals surface area contributed by atoms with Gasteiger partial charge in [0.1, 0.15) is 0 Å². The van der Waals surface area contributed by atoms with Gasteiger partial charge in [-0.1, -0.05) is 13.3 Å². The van der Waals surface area contributed by atoms with Crippen LogP contribution in [-0.4, -0.2) is 54.9 Å². The van der Waals surface area contributed by atoms with Gasteiger partial charge in [0, 0.05) is 20.2 Å². The maximum atomic E-state index is 11.9. The minimum absolute atomic E-state index is 0.00335. The van der Waals surface area contributed by atoms with E-state index in [2.05, 4.69) is 5.32 Å². The molecular formula is C12H22N2O4. The predicted octanol–water partition coefficient (Wildman–Crippen LogP) is 0.918. The third kappa shape index (κ3) is 4.18. The number of carboxylic acids is 1. The lowest BCUT2D eigenvalue weighted by Gasteiger charge is -2.22. The number of carbonyl (C=O) groups excluding carboxylic acids is 1. The van der Waals surface area contributed by atoms with Gasteiger partial charge >= 0.3 is 12.0 Å². The molecule has 2 unspecified atom stereocenters. The third-order valence-corrected chi connectivity index (χ3v) is 3.16. The van der Waals surface area contributed by atoms with Crippen molar-refractivity contribution in [1.29, 1.82) is 0 Å². The van der Waals surface area contributed by atoms with Crippen molar-refractivity contribution >= 4 is 12.0 Å². The molecule has 1 aliphatic rings. The van der Waals surface area contributed by atoms with Gasteiger partial charge < -0.3 is 20.1 Å². The Bertz CT molecular complexity index is 290. The molecule has 104 valence electrons. The van der Waals surface area contributed by atoms with Gasteiger partial charge in [-0.2, -0.15) is 0 Å². The van der Waals surface area contributed by atoms with Crippen LogP contribution in [-0.2, 0) is 9.53 Å². The molecule has 6 heteroatoms. The molecule has 0 aromatic heterocycles. The largest absolute Gasteiger partial charge is 0.481 e. The normalized spacial score (nSPS) is 20.8. The lowest BCUT2D eigenvalue weighted by molar-refractivity contribution is -0.141. The molecule has 2 atom stereocenters. The van der Waals surface area contributed by atoms with Crippen LogP contribution in [0.2, 0.25) is 0 Å². The average Bonchev–Trinajstić information content (AvgIpc) is 2.79. The average molecular weight is 258 g/mol. The summed E-state index contributed by atoms with van der Waals surface area (Å²) in [5.41, 5.74) is 0. The summed E-state index contributed by atoms with van der Waals surface area (Å²) < 4.78 is 5.05. The van der Waals surface area contributed by atoms with E-state index < -0.39 is 11.9 Å². The summed E-state index contributed by atoms with van der Waals surface area (Å²) in [6.45, 7) is 3.34. The highest BCUT2D eigenvalue weighted by Gasteiger charge is 2.31. The molecule has 6 nitrogen and oxygen atoms in total. The van der Waals surface area contributed by atoms with Gasteiger partial charge in [-0.15, -0.1) is 0 Å². The van der Waals surface area contributed by atoms with E-state index >= 15 is 0 Å². The minimum Gasteiger partial charge on any atom is -0.481 e. The fraction of sp³-hybridized carbons (Fsp3) is 0.833. The highest BCUT2D eigenvalue weighted by molar-refractivity contribution is 5.77. The first kappa shape index (κ1) is 14.8. The summed E-state index contributed by atoms with van der Waals surface area (Å²) in [4.78, 5) is 24.3. The van der Waals surface area contributed by atoms with Gasteiger partial charge in [-0.25, -0.2) is 4.79 Å². The first-order valence-electron chi connectivity index (χ1n) is 6.35. The number of hydrogen-bond acceptors (Lipinski definition) is 3. The predicted molar refractivity (Wildman–Crippen MR) is 66.4 cm³/mol. The number of nitrogens with zero attached hydrogens (tertiary/aromatic N) is 1. The number of carbonyl (C=O) groups is 2. The molecule has 1 aliphatic heterocycles. The fourth-order valence-corrected chi connectivity index (χ4v) is 2.16. The smallest absolute Gasteiger partial charge is 0.317 e. The van der Waals surface area contributed by atoms with Crippen molar-refractivity contribution in [2.45, 2.75) is 32.2 Å². The van der Waals surface area contributed by atoms with Crippen LogP contribution in [0, 0.1) is 5.92 Å². The fourth-order valence-electron chi connectivity index (χ4n) is 2.16. The number of hydrogen-bond donors (Lipinski definition) is 2. The van der Waals surface area contributed by atoms with Crippen molar-refractivity contribution < 1.29 is 19.4 Å². The van der Waals surface area contributed by atoms with Crippen LogP contribution in [0.1, 0.15) is 26.2 Å². The molecule has 0 saturated carbocycles. The Hall–Kier alpha value is -1.30. The number of amides is 2. The molecule has 1 saturated heterocycles. The van der Waals surface area contributed by atoms with E-state index in [0.717, 1.165) is 12.8 Å². The van der Waals surface area contributed by atoms with Crippen molar-refractivity contribution in [2.24, 2.45) is 5.92 Å². The molecule has 0 radical (unpaired) electrons. The second kappa shape index (κ2) is 7.20. The zero-order valence-corrected chi connectivity index (χ0v) is 11.0. The number of nitrogens with one attached hydrogen (secondary N) is 1. The molecule has 2 N–H and O–H groups in total. The van der Waals surface area contributed by atoms with Gasteiger partial charge in [0.2, 0.25) is 0 Å². The molecule has 0 aromatic rings. The highest BCUT2D eigenvalue weighted by Crippen LogP contribution is 2.16. The molecule has 0 spiro atoms. The van der Waals surface area contributed by atoms with E-state index in [1.54, 1.807) is 12.0 Å². The monoisotopic (exact) mass is 258 g/mol. The number of likely N-dealkylation sites (tertiary alicyclic amines) is 1. The topological polar surface area (TPSA) is 78.9 Å². The molecule has 18 heavy (non-hydrogen) atoms. The first-order valence-corrected chi connectivity index (χ1v) is 6.35. The summed E-state index contributed by atoms with van der Waals surface area (Å²) in [5.74, 6) is -1.25. The Morgan fingerprint density at radius 3 is 2.78 bits per heavy atom. The van der Waals surface area contributed by atoms with Gasteiger partial charge in [-0.05, 0) is 12.8 Å². The number of rotatable bonds is 6. The van der Waals surface area contributed by atoms with Crippen LogP contribution in [0.15, 0.2) is 0 Å². The Morgan fingerprint density at radius 1 is 1.56 bits per heavy atom. The van der Waals surface area contributed by atoms with Gasteiger partial charge in [0.25, 0.3) is 0 Å². The van der Waals surface area contributed by atoms with E-state index in [-0.39, 0.29) is 12.1 Å². The second-order valence-corrected chi connectivity index (χ2v) is 4.66. The second-order valence-electron chi connectivity index (χ2n) is 4.66. The van der Waals surface area contributed by atoms with Gasteiger partial charge in [0.15, 0.2) is 0 Å². The Kier molecular flexibility index (Phi) is 5.91. The zero-order chi connectivity index (χ0) is 13.5. The summed E-state index contributed by atoms with van der Waals surface area (Å²) in [6.07, 6.45) is 2.35. The Morgan fingerprint density at radius 2 is 2.28 bits per heavy atom. The quantitative estimate of drug-likeness (QED) is 0.742. The summed E-state index contributed by atoms with van der Waals surface area (Å²) >= 11 is 0.